The van der Waals surface area contributed by atoms with Gasteiger partial charge in [-0.2, -0.15) is 13.2 Å². The minimum Gasteiger partial charge on any atom is -0.493 e. The summed E-state index contributed by atoms with van der Waals surface area (Å²) < 4.78 is 186. The van der Waals surface area contributed by atoms with E-state index in [1.165, 1.54) is 25.1 Å². The number of hydrogen-bond donors (Lipinski definition) is 0. The molecule has 3 aliphatic rings. The van der Waals surface area contributed by atoms with Crippen LogP contribution in [-0.4, -0.2) is 67.2 Å². The van der Waals surface area contributed by atoms with E-state index in [2.05, 4.69) is 4.74 Å². The summed E-state index contributed by atoms with van der Waals surface area (Å²) in [6, 6.07) is 17.3. The molecular weight excluding hydrogens is 894 g/mol. The van der Waals surface area contributed by atoms with E-state index in [0.29, 0.717) is 13.0 Å². The lowest BCUT2D eigenvalue weighted by molar-refractivity contribution is -0.274. The second-order valence-electron chi connectivity index (χ2n) is 15.6. The highest BCUT2D eigenvalue weighted by molar-refractivity contribution is 7.93. The van der Waals surface area contributed by atoms with Gasteiger partial charge in [-0.3, -0.25) is 0 Å². The van der Waals surface area contributed by atoms with Crippen LogP contribution in [0, 0.1) is 5.82 Å². The molecule has 4 unspecified atom stereocenters. The Morgan fingerprint density at radius 1 is 0.726 bits per heavy atom. The van der Waals surface area contributed by atoms with Crippen LogP contribution in [0.25, 0.3) is 0 Å². The van der Waals surface area contributed by atoms with Crippen LogP contribution >= 0.6 is 0 Å². The van der Waals surface area contributed by atoms with E-state index < -0.39 is 85.8 Å². The van der Waals surface area contributed by atoms with Gasteiger partial charge in [0.1, 0.15) is 22.2 Å². The summed E-state index contributed by atoms with van der Waals surface area (Å²) in [7, 11) is -11.9. The topological polar surface area (TPSA) is 139 Å². The Labute approximate surface area is 355 Å². The molecule has 0 aromatic heterocycles. The predicted octanol–water partition coefficient (Wildman–Crippen LogP) is 9.33. The maximum absolute atomic E-state index is 14.3. The van der Waals surface area contributed by atoms with Crippen LogP contribution in [0.1, 0.15) is 80.4 Å². The number of sulfone groups is 3. The summed E-state index contributed by atoms with van der Waals surface area (Å²) in [5.74, 6) is -0.821. The van der Waals surface area contributed by atoms with Gasteiger partial charge in [-0.25, -0.2) is 29.6 Å². The molecule has 0 N–H and O–H groups in total. The molecule has 0 radical (unpaired) electrons. The first-order valence-corrected chi connectivity index (χ1v) is 24.2. The first-order chi connectivity index (χ1) is 28.8. The molecule has 10 nitrogen and oxygen atoms in total. The van der Waals surface area contributed by atoms with Gasteiger partial charge in [-0.1, -0.05) is 31.2 Å². The van der Waals surface area contributed by atoms with E-state index in [-0.39, 0.29) is 54.3 Å². The van der Waals surface area contributed by atoms with Gasteiger partial charge in [-0.05, 0) is 116 Å². The maximum atomic E-state index is 14.3. The molecule has 4 aromatic rings. The average Bonchev–Trinajstić information content (AvgIpc) is 3.68. The van der Waals surface area contributed by atoms with Crippen molar-refractivity contribution in [2.75, 3.05) is 26.1 Å². The molecule has 20 heteroatoms. The number of alkyl halides is 6. The second-order valence-corrected chi connectivity index (χ2v) is 22.4. The standard InChI is InChI=1S/C22H23F3O4S.C20H20F4O6S2/c1-2-21(30(26,27)18-5-3-4-17(13-18)22(23,24)25)9-11-29-20(14-21)15-6-7-19-16(12-15)8-10-28-19;1-19(32(27,28)15-5-3-4-14(11-15)30-20(22,23)24)8-9-29-17(12-19)13-6-7-18(16(21)10-13)31(2,25)26/h3-7,12-13,20H,2,8-11,14H2,1H3;3-7,10-11,17H,8-9,12H2,1-2H3. The Balaban J connectivity index is 0.000000207. The first-order valence-electron chi connectivity index (χ1n) is 19.3. The fourth-order valence-corrected chi connectivity index (χ4v) is 12.6. The number of hydrogen-bond acceptors (Lipinski definition) is 10. The summed E-state index contributed by atoms with van der Waals surface area (Å²) in [6.45, 7) is 4.05. The summed E-state index contributed by atoms with van der Waals surface area (Å²) in [6.07, 6.45) is -8.55. The predicted molar refractivity (Wildman–Crippen MR) is 211 cm³/mol. The van der Waals surface area contributed by atoms with Crippen molar-refractivity contribution in [2.24, 2.45) is 0 Å². The number of ether oxygens (including phenoxy) is 4. The van der Waals surface area contributed by atoms with Crippen molar-refractivity contribution in [1.29, 1.82) is 0 Å². The molecule has 338 valence electrons. The largest absolute Gasteiger partial charge is 0.573 e. The molecule has 0 bridgehead atoms. The average molecular weight is 937 g/mol. The molecule has 3 heterocycles. The third-order valence-corrected chi connectivity index (χ3v) is 17.8. The van der Waals surface area contributed by atoms with E-state index in [0.717, 1.165) is 78.1 Å². The van der Waals surface area contributed by atoms with Gasteiger partial charge < -0.3 is 18.9 Å². The number of benzene rings is 4. The number of fused-ring (bicyclic) bond motifs is 1. The minimum atomic E-state index is -4.97. The minimum absolute atomic E-state index is 0.00537. The molecule has 62 heavy (non-hydrogen) atoms. The summed E-state index contributed by atoms with van der Waals surface area (Å²) in [5.41, 5.74) is 1.22. The van der Waals surface area contributed by atoms with Crippen LogP contribution in [-0.2, 0) is 51.6 Å². The molecule has 0 amide bonds. The Morgan fingerprint density at radius 2 is 1.34 bits per heavy atom. The molecule has 3 aliphatic heterocycles. The third kappa shape index (κ3) is 9.93. The van der Waals surface area contributed by atoms with E-state index in [1.807, 2.05) is 18.2 Å². The zero-order valence-electron chi connectivity index (χ0n) is 33.6. The Morgan fingerprint density at radius 3 is 1.97 bits per heavy atom. The van der Waals surface area contributed by atoms with E-state index >= 15 is 0 Å². The number of rotatable bonds is 9. The van der Waals surface area contributed by atoms with Crippen molar-refractivity contribution >= 4 is 29.5 Å². The van der Waals surface area contributed by atoms with Gasteiger partial charge in [0.2, 0.25) is 0 Å². The second kappa shape index (κ2) is 17.4. The molecule has 7 rings (SSSR count). The van der Waals surface area contributed by atoms with Gasteiger partial charge in [0.05, 0.1) is 43.7 Å². The van der Waals surface area contributed by atoms with Crippen molar-refractivity contribution in [3.05, 3.63) is 113 Å². The fourth-order valence-electron chi connectivity index (χ4n) is 7.92. The van der Waals surface area contributed by atoms with Crippen molar-refractivity contribution in [1.82, 2.24) is 0 Å². The van der Waals surface area contributed by atoms with Crippen molar-refractivity contribution < 1.29 is 74.9 Å². The molecule has 0 saturated carbocycles. The fraction of sp³-hybridized carbons (Fsp3) is 0.429. The van der Waals surface area contributed by atoms with Gasteiger partial charge in [0.25, 0.3) is 0 Å². The molecular formula is C42H43F7O10S3. The lowest BCUT2D eigenvalue weighted by atomic mass is 9.88. The molecule has 2 saturated heterocycles. The first kappa shape index (κ1) is 47.2. The highest BCUT2D eigenvalue weighted by Crippen LogP contribution is 2.46. The smallest absolute Gasteiger partial charge is 0.493 e. The summed E-state index contributed by atoms with van der Waals surface area (Å²) in [4.78, 5) is -1.13. The maximum Gasteiger partial charge on any atom is 0.573 e. The van der Waals surface area contributed by atoms with Gasteiger partial charge in [-0.15, -0.1) is 13.2 Å². The Kier molecular flexibility index (Phi) is 13.2. The van der Waals surface area contributed by atoms with Gasteiger partial charge in [0, 0.05) is 25.9 Å². The lowest BCUT2D eigenvalue weighted by Gasteiger charge is -2.40. The molecule has 0 spiro atoms. The van der Waals surface area contributed by atoms with E-state index in [9.17, 15) is 56.0 Å². The van der Waals surface area contributed by atoms with E-state index in [4.69, 9.17) is 14.2 Å². The van der Waals surface area contributed by atoms with Crippen molar-refractivity contribution in [3.8, 4) is 11.5 Å². The van der Waals surface area contributed by atoms with E-state index in [1.54, 1.807) is 6.92 Å². The highest BCUT2D eigenvalue weighted by atomic mass is 32.2. The quantitative estimate of drug-likeness (QED) is 0.149. The lowest BCUT2D eigenvalue weighted by Crippen LogP contribution is -2.44. The Hall–Kier alpha value is -4.24. The zero-order chi connectivity index (χ0) is 45.5. The molecule has 4 aromatic carbocycles. The molecule has 0 aliphatic carbocycles. The van der Waals surface area contributed by atoms with Gasteiger partial charge in [0.15, 0.2) is 29.5 Å². The van der Waals surface area contributed by atoms with Crippen LogP contribution in [0.4, 0.5) is 30.7 Å². The Bertz CT molecular complexity index is 2630. The van der Waals surface area contributed by atoms with Crippen molar-refractivity contribution in [3.63, 3.8) is 0 Å². The normalized spacial score (nSPS) is 23.4. The van der Waals surface area contributed by atoms with Crippen LogP contribution in [0.2, 0.25) is 0 Å². The van der Waals surface area contributed by atoms with Crippen LogP contribution in [0.3, 0.4) is 0 Å². The zero-order valence-corrected chi connectivity index (χ0v) is 36.0. The number of halogens is 7. The molecule has 4 atom stereocenters. The van der Waals surface area contributed by atoms with Crippen LogP contribution in [0.15, 0.2) is 99.6 Å². The highest BCUT2D eigenvalue weighted by Gasteiger charge is 2.49. The van der Waals surface area contributed by atoms with Crippen LogP contribution in [0.5, 0.6) is 11.5 Å². The molecule has 2 fully saturated rings. The summed E-state index contributed by atoms with van der Waals surface area (Å²) >= 11 is 0. The van der Waals surface area contributed by atoms with Crippen LogP contribution < -0.4 is 9.47 Å². The summed E-state index contributed by atoms with van der Waals surface area (Å²) in [5, 5.41) is 0. The van der Waals surface area contributed by atoms with Gasteiger partial charge >= 0.3 is 12.5 Å². The third-order valence-electron chi connectivity index (χ3n) is 11.5. The van der Waals surface area contributed by atoms with Crippen molar-refractivity contribution in [2.45, 2.75) is 101 Å². The monoisotopic (exact) mass is 936 g/mol. The SMILES string of the molecule is CC1(S(=O)(=O)c2cccc(OC(F)(F)F)c2)CCOC(c2ccc(S(C)(=O)=O)c(F)c2)C1.CCC1(S(=O)(=O)c2cccc(C(F)(F)F)c2)CCOC(c2ccc3c(c2)CCO3)C1.